The number of rotatable bonds is 4. The van der Waals surface area contributed by atoms with E-state index >= 15 is 0 Å². The number of aryl methyl sites for hydroxylation is 1. The maximum Gasteiger partial charge on any atom is 0.337 e. The van der Waals surface area contributed by atoms with E-state index in [-0.39, 0.29) is 21.3 Å². The quantitative estimate of drug-likeness (QED) is 0.891. The Hall–Kier alpha value is -2.06. The number of anilines is 1. The lowest BCUT2D eigenvalue weighted by Crippen LogP contribution is -2.16. The number of carboxylic acid groups (broad SMARTS) is 1. The van der Waals surface area contributed by atoms with Crippen molar-refractivity contribution in [2.45, 2.75) is 5.03 Å². The second-order valence-corrected chi connectivity index (χ2v) is 5.93. The number of sulfonamides is 1. The second-order valence-electron chi connectivity index (χ2n) is 3.90. The number of nitrogens with zero attached hydrogens (tertiary/aromatic N) is 2. The minimum atomic E-state index is -3.81. The Morgan fingerprint density at radius 2 is 2.10 bits per heavy atom. The zero-order valence-electron chi connectivity index (χ0n) is 10.2. The summed E-state index contributed by atoms with van der Waals surface area (Å²) in [7, 11) is -2.31. The fraction of sp³-hybridized carbons (Fsp3) is 0.0909. The fourth-order valence-corrected chi connectivity index (χ4v) is 3.02. The lowest BCUT2D eigenvalue weighted by Gasteiger charge is -2.09. The van der Waals surface area contributed by atoms with Crippen molar-refractivity contribution in [2.75, 3.05) is 4.72 Å². The Bertz CT molecular complexity index is 770. The van der Waals surface area contributed by atoms with Crippen molar-refractivity contribution in [3.63, 3.8) is 0 Å². The number of carbonyl (C=O) groups is 1. The summed E-state index contributed by atoms with van der Waals surface area (Å²) in [6.45, 7) is 0. The van der Waals surface area contributed by atoms with Crippen LogP contribution >= 0.6 is 11.6 Å². The largest absolute Gasteiger partial charge is 0.478 e. The summed E-state index contributed by atoms with van der Waals surface area (Å²) in [5, 5.41) is 12.5. The number of aromatic nitrogens is 2. The van der Waals surface area contributed by atoms with Gasteiger partial charge in [0.15, 0.2) is 5.03 Å². The van der Waals surface area contributed by atoms with E-state index in [0.29, 0.717) is 0 Å². The maximum absolute atomic E-state index is 12.1. The monoisotopic (exact) mass is 315 g/mol. The van der Waals surface area contributed by atoms with E-state index in [2.05, 4.69) is 9.82 Å². The molecule has 0 aliphatic rings. The smallest absolute Gasteiger partial charge is 0.337 e. The third-order valence-corrected chi connectivity index (χ3v) is 4.27. The van der Waals surface area contributed by atoms with Gasteiger partial charge in [0, 0.05) is 7.05 Å². The number of aromatic carboxylic acids is 1. The first-order valence-corrected chi connectivity index (χ1v) is 7.21. The van der Waals surface area contributed by atoms with Gasteiger partial charge in [0.1, 0.15) is 0 Å². The Morgan fingerprint density at radius 3 is 2.60 bits per heavy atom. The molecule has 0 atom stereocenters. The third-order valence-electron chi connectivity index (χ3n) is 2.50. The molecule has 0 bridgehead atoms. The highest BCUT2D eigenvalue weighted by atomic mass is 35.5. The molecule has 106 valence electrons. The highest BCUT2D eigenvalue weighted by molar-refractivity contribution is 7.92. The first-order chi connectivity index (χ1) is 9.31. The van der Waals surface area contributed by atoms with Crippen LogP contribution in [0, 0.1) is 0 Å². The molecule has 0 fully saturated rings. The molecule has 0 radical (unpaired) electrons. The molecule has 0 aliphatic carbocycles. The van der Waals surface area contributed by atoms with Crippen LogP contribution in [0.4, 0.5) is 5.69 Å². The van der Waals surface area contributed by atoms with Gasteiger partial charge in [-0.1, -0.05) is 11.6 Å². The first-order valence-electron chi connectivity index (χ1n) is 5.35. The number of carboxylic acids is 1. The molecule has 0 aliphatic heterocycles. The van der Waals surface area contributed by atoms with Crippen LogP contribution in [0.3, 0.4) is 0 Å². The molecule has 0 unspecified atom stereocenters. The first kappa shape index (κ1) is 14.4. The molecule has 1 heterocycles. The predicted molar refractivity (Wildman–Crippen MR) is 72.4 cm³/mol. The highest BCUT2D eigenvalue weighted by Gasteiger charge is 2.19. The summed E-state index contributed by atoms with van der Waals surface area (Å²) < 4.78 is 27.7. The lowest BCUT2D eigenvalue weighted by molar-refractivity contribution is 0.0697. The van der Waals surface area contributed by atoms with E-state index in [4.69, 9.17) is 16.7 Å². The molecule has 2 aromatic rings. The van der Waals surface area contributed by atoms with Crippen molar-refractivity contribution < 1.29 is 18.3 Å². The summed E-state index contributed by atoms with van der Waals surface area (Å²) >= 11 is 5.78. The van der Waals surface area contributed by atoms with Crippen molar-refractivity contribution in [2.24, 2.45) is 7.05 Å². The fourth-order valence-electron chi connectivity index (χ4n) is 1.58. The number of benzene rings is 1. The van der Waals surface area contributed by atoms with Crippen LogP contribution in [0.2, 0.25) is 5.02 Å². The molecule has 0 saturated carbocycles. The van der Waals surface area contributed by atoms with Crippen molar-refractivity contribution in [3.8, 4) is 0 Å². The minimum absolute atomic E-state index is 0.0177. The zero-order chi connectivity index (χ0) is 14.9. The van der Waals surface area contributed by atoms with Gasteiger partial charge in [-0.05, 0) is 24.3 Å². The van der Waals surface area contributed by atoms with E-state index in [1.54, 1.807) is 0 Å². The van der Waals surface area contributed by atoms with Crippen LogP contribution in [-0.2, 0) is 17.1 Å². The zero-order valence-corrected chi connectivity index (χ0v) is 11.8. The van der Waals surface area contributed by atoms with E-state index in [1.165, 1.54) is 42.2 Å². The molecule has 1 aromatic carbocycles. The van der Waals surface area contributed by atoms with Crippen LogP contribution in [0.1, 0.15) is 10.4 Å². The molecule has 0 spiro atoms. The topological polar surface area (TPSA) is 101 Å². The Balaban J connectivity index is 2.33. The average molecular weight is 316 g/mol. The molecule has 0 saturated heterocycles. The van der Waals surface area contributed by atoms with Gasteiger partial charge in [0.25, 0.3) is 10.0 Å². The van der Waals surface area contributed by atoms with Gasteiger partial charge in [-0.15, -0.1) is 0 Å². The molecule has 2 N–H and O–H groups in total. The van der Waals surface area contributed by atoms with Gasteiger partial charge in [0.05, 0.1) is 22.5 Å². The third kappa shape index (κ3) is 2.75. The number of hydrogen-bond donors (Lipinski definition) is 2. The van der Waals surface area contributed by atoms with Gasteiger partial charge in [-0.25, -0.2) is 4.79 Å². The van der Waals surface area contributed by atoms with Crippen molar-refractivity contribution in [1.82, 2.24) is 9.78 Å². The van der Waals surface area contributed by atoms with Gasteiger partial charge in [-0.2, -0.15) is 13.5 Å². The van der Waals surface area contributed by atoms with Crippen LogP contribution in [-0.4, -0.2) is 29.3 Å². The summed E-state index contributed by atoms with van der Waals surface area (Å²) in [5.74, 6) is -1.18. The van der Waals surface area contributed by atoms with E-state index < -0.39 is 16.0 Å². The minimum Gasteiger partial charge on any atom is -0.478 e. The number of hydrogen-bond acceptors (Lipinski definition) is 4. The molecular weight excluding hydrogens is 306 g/mol. The molecule has 0 amide bonds. The van der Waals surface area contributed by atoms with E-state index in [9.17, 15) is 13.2 Å². The van der Waals surface area contributed by atoms with Crippen LogP contribution in [0.15, 0.2) is 35.5 Å². The van der Waals surface area contributed by atoms with Crippen molar-refractivity contribution >= 4 is 33.3 Å². The predicted octanol–water partition coefficient (Wildman–Crippen LogP) is 1.57. The molecule has 7 nitrogen and oxygen atoms in total. The summed E-state index contributed by atoms with van der Waals surface area (Å²) in [4.78, 5) is 10.8. The Labute approximate surface area is 119 Å². The molecule has 1 aromatic heterocycles. The van der Waals surface area contributed by atoms with E-state index in [0.717, 1.165) is 0 Å². The van der Waals surface area contributed by atoms with Crippen LogP contribution in [0.25, 0.3) is 0 Å². The highest BCUT2D eigenvalue weighted by Crippen LogP contribution is 2.23. The Morgan fingerprint density at radius 1 is 1.40 bits per heavy atom. The number of halogens is 1. The van der Waals surface area contributed by atoms with Crippen LogP contribution < -0.4 is 4.72 Å². The lowest BCUT2D eigenvalue weighted by atomic mass is 10.2. The summed E-state index contributed by atoms with van der Waals surface area (Å²) in [5.41, 5.74) is 0.0661. The maximum atomic E-state index is 12.1. The van der Waals surface area contributed by atoms with Crippen molar-refractivity contribution in [1.29, 1.82) is 0 Å². The normalized spacial score (nSPS) is 11.3. The van der Waals surface area contributed by atoms with Gasteiger partial charge in [-0.3, -0.25) is 9.40 Å². The van der Waals surface area contributed by atoms with Gasteiger partial charge >= 0.3 is 5.97 Å². The second kappa shape index (κ2) is 5.14. The number of nitrogens with one attached hydrogen (secondary N) is 1. The standard InChI is InChI=1S/C11H10ClN3O4S/c1-15-10(4-5-13-15)20(18,19)14-7-2-3-8(11(16)17)9(12)6-7/h2-6,14H,1H3,(H,16,17). The molecule has 20 heavy (non-hydrogen) atoms. The van der Waals surface area contributed by atoms with Gasteiger partial charge < -0.3 is 5.11 Å². The van der Waals surface area contributed by atoms with Crippen molar-refractivity contribution in [3.05, 3.63) is 41.0 Å². The van der Waals surface area contributed by atoms with E-state index in [1.807, 2.05) is 0 Å². The summed E-state index contributed by atoms with van der Waals surface area (Å²) in [6.07, 6.45) is 1.36. The molecular formula is C11H10ClN3O4S. The molecule has 9 heteroatoms. The average Bonchev–Trinajstić information content (AvgIpc) is 2.75. The SMILES string of the molecule is Cn1nccc1S(=O)(=O)Nc1ccc(C(=O)O)c(Cl)c1. The van der Waals surface area contributed by atoms with Crippen LogP contribution in [0.5, 0.6) is 0 Å². The summed E-state index contributed by atoms with van der Waals surface area (Å²) in [6, 6.07) is 5.13. The molecule has 2 rings (SSSR count). The Kier molecular flexibility index (Phi) is 3.69. The van der Waals surface area contributed by atoms with Gasteiger partial charge in [0.2, 0.25) is 0 Å².